The lowest BCUT2D eigenvalue weighted by Crippen LogP contribution is -2.41. The van der Waals surface area contributed by atoms with Gasteiger partial charge in [-0.2, -0.15) is 9.97 Å². The largest absolute Gasteiger partial charge is 0.398 e. The predicted octanol–water partition coefficient (Wildman–Crippen LogP) is 4.80. The van der Waals surface area contributed by atoms with Crippen molar-refractivity contribution in [1.82, 2.24) is 19.5 Å². The lowest BCUT2D eigenvalue weighted by Gasteiger charge is -2.29. The monoisotopic (exact) mass is 451 g/mol. The molecule has 178 valence electrons. The van der Waals surface area contributed by atoms with E-state index in [0.29, 0.717) is 24.4 Å². The Morgan fingerprint density at radius 3 is 2.67 bits per heavy atom. The summed E-state index contributed by atoms with van der Waals surface area (Å²) >= 11 is 0. The summed E-state index contributed by atoms with van der Waals surface area (Å²) in [5.41, 5.74) is 9.80. The van der Waals surface area contributed by atoms with E-state index in [1.165, 1.54) is 19.3 Å². The average molecular weight is 452 g/mol. The van der Waals surface area contributed by atoms with Gasteiger partial charge >= 0.3 is 0 Å². The first kappa shape index (κ1) is 23.3. The van der Waals surface area contributed by atoms with Crippen LogP contribution in [0.15, 0.2) is 24.5 Å². The van der Waals surface area contributed by atoms with E-state index >= 15 is 0 Å². The number of hydrogen-bond donors (Lipinski definition) is 4. The highest BCUT2D eigenvalue weighted by Gasteiger charge is 2.27. The van der Waals surface area contributed by atoms with Crippen LogP contribution in [-0.4, -0.2) is 36.3 Å². The van der Waals surface area contributed by atoms with Crippen LogP contribution in [0.2, 0.25) is 0 Å². The highest BCUT2D eigenvalue weighted by atomic mass is 16.3. The maximum absolute atomic E-state index is 10.6. The molecule has 1 unspecified atom stereocenters. The number of aliphatic hydroxyl groups is 1. The number of imidazole rings is 1. The summed E-state index contributed by atoms with van der Waals surface area (Å²) in [4.78, 5) is 14.3. The number of aromatic nitrogens is 4. The van der Waals surface area contributed by atoms with E-state index in [1.54, 1.807) is 13.8 Å². The van der Waals surface area contributed by atoms with Crippen molar-refractivity contribution in [3.63, 3.8) is 0 Å². The quantitative estimate of drug-likeness (QED) is 0.364. The van der Waals surface area contributed by atoms with E-state index in [9.17, 15) is 5.11 Å². The number of fused-ring (bicyclic) bond motifs is 1. The standard InChI is InChI=1S/C25H37N7O/c1-5-20(25(3,4)33)29-24-30-22(27-14-17-13-16(2)11-12-19(17)26)21-23(31-24)32(15-28-21)18-9-7-6-8-10-18/h11-13,15,18,20,33H,5-10,14,26H2,1-4H3,(H2,27,29,30,31). The van der Waals surface area contributed by atoms with Gasteiger partial charge < -0.3 is 26.0 Å². The molecule has 0 bridgehead atoms. The molecule has 0 amide bonds. The van der Waals surface area contributed by atoms with E-state index < -0.39 is 5.60 Å². The van der Waals surface area contributed by atoms with Crippen molar-refractivity contribution in [2.24, 2.45) is 0 Å². The molecular formula is C25H37N7O. The maximum Gasteiger partial charge on any atom is 0.227 e. The number of nitrogens with two attached hydrogens (primary N) is 1. The van der Waals surface area contributed by atoms with Crippen molar-refractivity contribution < 1.29 is 5.11 Å². The molecule has 33 heavy (non-hydrogen) atoms. The number of aryl methyl sites for hydroxylation is 1. The number of nitrogens with one attached hydrogen (secondary N) is 2. The summed E-state index contributed by atoms with van der Waals surface area (Å²) in [6.45, 7) is 8.25. The number of rotatable bonds is 8. The van der Waals surface area contributed by atoms with Crippen LogP contribution in [0.25, 0.3) is 11.2 Å². The molecule has 1 atom stereocenters. The summed E-state index contributed by atoms with van der Waals surface area (Å²) < 4.78 is 2.21. The van der Waals surface area contributed by atoms with Crippen LogP contribution in [0.3, 0.4) is 0 Å². The van der Waals surface area contributed by atoms with Gasteiger partial charge in [-0.15, -0.1) is 0 Å². The molecule has 3 aromatic rings. The minimum atomic E-state index is -0.902. The normalized spacial score (nSPS) is 16.2. The topological polar surface area (TPSA) is 114 Å². The van der Waals surface area contributed by atoms with Crippen LogP contribution in [0.4, 0.5) is 17.5 Å². The Morgan fingerprint density at radius 2 is 1.97 bits per heavy atom. The third kappa shape index (κ3) is 5.21. The third-order valence-electron chi connectivity index (χ3n) is 6.70. The molecule has 1 aliphatic carbocycles. The fourth-order valence-corrected chi connectivity index (χ4v) is 4.73. The zero-order valence-electron chi connectivity index (χ0n) is 20.2. The fourth-order valence-electron chi connectivity index (χ4n) is 4.73. The van der Waals surface area contributed by atoms with Crippen LogP contribution < -0.4 is 16.4 Å². The van der Waals surface area contributed by atoms with Gasteiger partial charge in [0, 0.05) is 18.3 Å². The summed E-state index contributed by atoms with van der Waals surface area (Å²) in [6.07, 6.45) is 8.68. The Morgan fingerprint density at radius 1 is 1.21 bits per heavy atom. The molecule has 2 heterocycles. The highest BCUT2D eigenvalue weighted by molar-refractivity contribution is 5.84. The predicted molar refractivity (Wildman–Crippen MR) is 134 cm³/mol. The van der Waals surface area contributed by atoms with E-state index in [2.05, 4.69) is 28.2 Å². The summed E-state index contributed by atoms with van der Waals surface area (Å²) in [7, 11) is 0. The van der Waals surface area contributed by atoms with Crippen LogP contribution in [0.1, 0.15) is 76.5 Å². The second-order valence-electron chi connectivity index (χ2n) is 9.83. The number of benzene rings is 1. The van der Waals surface area contributed by atoms with Crippen molar-refractivity contribution >= 4 is 28.6 Å². The number of nitrogens with zero attached hydrogens (tertiary/aromatic N) is 4. The van der Waals surface area contributed by atoms with Gasteiger partial charge in [0.15, 0.2) is 17.0 Å². The van der Waals surface area contributed by atoms with E-state index in [-0.39, 0.29) is 6.04 Å². The molecule has 0 spiro atoms. The Bertz CT molecular complexity index is 1100. The van der Waals surface area contributed by atoms with Crippen molar-refractivity contribution in [3.05, 3.63) is 35.7 Å². The van der Waals surface area contributed by atoms with Crippen molar-refractivity contribution in [2.75, 3.05) is 16.4 Å². The molecule has 0 saturated heterocycles. The van der Waals surface area contributed by atoms with E-state index in [4.69, 9.17) is 20.7 Å². The lowest BCUT2D eigenvalue weighted by molar-refractivity contribution is 0.0577. The molecule has 0 radical (unpaired) electrons. The van der Waals surface area contributed by atoms with E-state index in [0.717, 1.165) is 47.2 Å². The smallest absolute Gasteiger partial charge is 0.227 e. The molecule has 8 nitrogen and oxygen atoms in total. The molecule has 0 aliphatic heterocycles. The van der Waals surface area contributed by atoms with Crippen LogP contribution >= 0.6 is 0 Å². The first-order chi connectivity index (χ1) is 15.8. The minimum Gasteiger partial charge on any atom is -0.398 e. The Balaban J connectivity index is 1.71. The van der Waals surface area contributed by atoms with Gasteiger partial charge in [-0.3, -0.25) is 0 Å². The van der Waals surface area contributed by atoms with Gasteiger partial charge in [-0.05, 0) is 51.7 Å². The molecule has 1 saturated carbocycles. The lowest BCUT2D eigenvalue weighted by atomic mass is 9.95. The molecule has 5 N–H and O–H groups in total. The Hall–Kier alpha value is -2.87. The molecule has 2 aromatic heterocycles. The SMILES string of the molecule is CCC(Nc1nc(NCc2cc(C)ccc2N)c2ncn(C3CCCCC3)c2n1)C(C)(C)O. The summed E-state index contributed by atoms with van der Waals surface area (Å²) in [5.74, 6) is 1.16. The van der Waals surface area contributed by atoms with Gasteiger partial charge in [-0.1, -0.05) is 43.9 Å². The molecule has 1 aliphatic rings. The maximum atomic E-state index is 10.6. The molecule has 1 aromatic carbocycles. The Kier molecular flexibility index (Phi) is 6.74. The second-order valence-corrected chi connectivity index (χ2v) is 9.83. The van der Waals surface area contributed by atoms with Gasteiger partial charge in [0.1, 0.15) is 0 Å². The fraction of sp³-hybridized carbons (Fsp3) is 0.560. The summed E-state index contributed by atoms with van der Waals surface area (Å²) in [6, 6.07) is 6.25. The molecule has 4 rings (SSSR count). The Labute approximate surface area is 196 Å². The first-order valence-corrected chi connectivity index (χ1v) is 12.1. The molecular weight excluding hydrogens is 414 g/mol. The van der Waals surface area contributed by atoms with Crippen molar-refractivity contribution in [2.45, 2.75) is 90.4 Å². The van der Waals surface area contributed by atoms with Crippen LogP contribution in [-0.2, 0) is 6.54 Å². The molecule has 1 fully saturated rings. The van der Waals surface area contributed by atoms with Gasteiger partial charge in [-0.25, -0.2) is 4.98 Å². The third-order valence-corrected chi connectivity index (χ3v) is 6.70. The number of anilines is 3. The number of hydrogen-bond acceptors (Lipinski definition) is 7. The highest BCUT2D eigenvalue weighted by Crippen LogP contribution is 2.32. The average Bonchev–Trinajstić information content (AvgIpc) is 3.22. The van der Waals surface area contributed by atoms with Crippen molar-refractivity contribution in [3.8, 4) is 0 Å². The van der Waals surface area contributed by atoms with E-state index in [1.807, 2.05) is 25.4 Å². The minimum absolute atomic E-state index is 0.179. The van der Waals surface area contributed by atoms with Gasteiger partial charge in [0.05, 0.1) is 18.0 Å². The van der Waals surface area contributed by atoms with Crippen LogP contribution in [0.5, 0.6) is 0 Å². The second kappa shape index (κ2) is 9.55. The zero-order valence-corrected chi connectivity index (χ0v) is 20.2. The summed E-state index contributed by atoms with van der Waals surface area (Å²) in [5, 5.41) is 17.4. The van der Waals surface area contributed by atoms with Gasteiger partial charge in [0.2, 0.25) is 5.95 Å². The first-order valence-electron chi connectivity index (χ1n) is 12.1. The van der Waals surface area contributed by atoms with Crippen molar-refractivity contribution in [1.29, 1.82) is 0 Å². The van der Waals surface area contributed by atoms with Gasteiger partial charge in [0.25, 0.3) is 0 Å². The molecule has 8 heteroatoms. The van der Waals surface area contributed by atoms with Crippen LogP contribution in [0, 0.1) is 6.92 Å². The number of nitrogen functional groups attached to an aromatic ring is 1. The zero-order chi connectivity index (χ0) is 23.6.